The Morgan fingerprint density at radius 1 is 1.24 bits per heavy atom. The molecular formula is C15H15ClFNO2S. The molecule has 0 radical (unpaired) electrons. The van der Waals surface area contributed by atoms with E-state index in [1.54, 1.807) is 0 Å². The van der Waals surface area contributed by atoms with E-state index in [1.165, 1.54) is 18.2 Å². The summed E-state index contributed by atoms with van der Waals surface area (Å²) < 4.78 is 30.7. The summed E-state index contributed by atoms with van der Waals surface area (Å²) in [4.78, 5) is 0.483. The Bertz CT molecular complexity index is 651. The number of para-hydroxylation sites is 1. The molecule has 21 heavy (non-hydrogen) atoms. The van der Waals surface area contributed by atoms with Crippen LogP contribution in [-0.2, 0) is 17.3 Å². The van der Waals surface area contributed by atoms with Gasteiger partial charge in [-0.1, -0.05) is 29.8 Å². The monoisotopic (exact) mass is 327 g/mol. The first-order valence-corrected chi connectivity index (χ1v) is 8.05. The zero-order valence-corrected chi connectivity index (χ0v) is 12.8. The first-order chi connectivity index (χ1) is 10.1. The van der Waals surface area contributed by atoms with Crippen molar-refractivity contribution in [2.24, 2.45) is 5.73 Å². The van der Waals surface area contributed by atoms with Crippen LogP contribution in [0, 0.1) is 5.82 Å². The van der Waals surface area contributed by atoms with Crippen molar-refractivity contribution in [2.45, 2.75) is 11.4 Å². The molecule has 1 atom stereocenters. The van der Waals surface area contributed by atoms with Crippen LogP contribution < -0.4 is 10.5 Å². The van der Waals surface area contributed by atoms with Crippen LogP contribution >= 0.6 is 11.6 Å². The SMILES string of the molecule is NCc1ccccc1OCCS(=O)c1ccc(F)c(Cl)c1. The van der Waals surface area contributed by atoms with Crippen LogP contribution in [0.15, 0.2) is 47.4 Å². The van der Waals surface area contributed by atoms with E-state index in [4.69, 9.17) is 22.1 Å². The Labute approximate surface area is 130 Å². The van der Waals surface area contributed by atoms with Gasteiger partial charge in [0.25, 0.3) is 0 Å². The summed E-state index contributed by atoms with van der Waals surface area (Å²) in [6, 6.07) is 11.5. The molecule has 0 bridgehead atoms. The van der Waals surface area contributed by atoms with Crippen LogP contribution in [0.5, 0.6) is 5.75 Å². The normalized spacial score (nSPS) is 12.1. The molecule has 0 heterocycles. The minimum absolute atomic E-state index is 0.0322. The maximum atomic E-state index is 13.1. The number of benzene rings is 2. The van der Waals surface area contributed by atoms with E-state index in [9.17, 15) is 8.60 Å². The van der Waals surface area contributed by atoms with Crippen LogP contribution in [-0.4, -0.2) is 16.6 Å². The standard InChI is InChI=1S/C15H15ClFNO2S/c16-13-9-12(5-6-14(13)17)21(19)8-7-20-15-4-2-1-3-11(15)10-18/h1-6,9H,7-8,10,18H2. The molecular weight excluding hydrogens is 313 g/mol. The van der Waals surface area contributed by atoms with Crippen molar-refractivity contribution in [1.29, 1.82) is 0 Å². The lowest BCUT2D eigenvalue weighted by atomic mass is 10.2. The van der Waals surface area contributed by atoms with Gasteiger partial charge in [0, 0.05) is 17.0 Å². The van der Waals surface area contributed by atoms with Gasteiger partial charge in [-0.3, -0.25) is 4.21 Å². The molecule has 0 aromatic heterocycles. The lowest BCUT2D eigenvalue weighted by Gasteiger charge is -2.10. The fourth-order valence-corrected chi connectivity index (χ4v) is 2.96. The second-order valence-corrected chi connectivity index (χ2v) is 6.26. The van der Waals surface area contributed by atoms with E-state index in [0.717, 1.165) is 5.56 Å². The van der Waals surface area contributed by atoms with Crippen LogP contribution in [0.2, 0.25) is 5.02 Å². The van der Waals surface area contributed by atoms with Gasteiger partial charge in [-0.25, -0.2) is 4.39 Å². The summed E-state index contributed by atoms with van der Waals surface area (Å²) in [5.74, 6) is 0.459. The van der Waals surface area contributed by atoms with E-state index in [2.05, 4.69) is 0 Å². The molecule has 0 aliphatic rings. The van der Waals surface area contributed by atoms with Crippen molar-refractivity contribution in [3.05, 3.63) is 58.9 Å². The summed E-state index contributed by atoms with van der Waals surface area (Å²) in [6.45, 7) is 0.658. The van der Waals surface area contributed by atoms with Gasteiger partial charge in [-0.2, -0.15) is 0 Å². The fourth-order valence-electron chi connectivity index (χ4n) is 1.78. The molecule has 0 spiro atoms. The maximum absolute atomic E-state index is 13.1. The number of hydrogen-bond acceptors (Lipinski definition) is 3. The summed E-state index contributed by atoms with van der Waals surface area (Å²) in [5.41, 5.74) is 6.51. The highest BCUT2D eigenvalue weighted by Gasteiger charge is 2.08. The average molecular weight is 328 g/mol. The van der Waals surface area contributed by atoms with E-state index < -0.39 is 16.6 Å². The zero-order chi connectivity index (χ0) is 15.2. The predicted molar refractivity (Wildman–Crippen MR) is 82.5 cm³/mol. The smallest absolute Gasteiger partial charge is 0.141 e. The Kier molecular flexibility index (Phi) is 5.73. The molecule has 0 saturated heterocycles. The van der Waals surface area contributed by atoms with E-state index in [1.807, 2.05) is 24.3 Å². The van der Waals surface area contributed by atoms with Gasteiger partial charge in [0.05, 0.1) is 21.6 Å². The summed E-state index contributed by atoms with van der Waals surface area (Å²) in [5, 5.41) is -0.0322. The molecule has 2 aromatic carbocycles. The van der Waals surface area contributed by atoms with Crippen LogP contribution in [0.25, 0.3) is 0 Å². The highest BCUT2D eigenvalue weighted by molar-refractivity contribution is 7.85. The van der Waals surface area contributed by atoms with Gasteiger partial charge in [-0.05, 0) is 24.3 Å². The van der Waals surface area contributed by atoms with Gasteiger partial charge in [0.2, 0.25) is 0 Å². The zero-order valence-electron chi connectivity index (χ0n) is 11.2. The molecule has 2 aromatic rings. The van der Waals surface area contributed by atoms with Crippen molar-refractivity contribution in [1.82, 2.24) is 0 Å². The Hall–Kier alpha value is -1.43. The summed E-state index contributed by atoms with van der Waals surface area (Å²) >= 11 is 5.67. The molecule has 2 N–H and O–H groups in total. The third-order valence-corrected chi connectivity index (χ3v) is 4.48. The highest BCUT2D eigenvalue weighted by atomic mass is 35.5. The van der Waals surface area contributed by atoms with Gasteiger partial charge in [-0.15, -0.1) is 0 Å². The lowest BCUT2D eigenvalue weighted by molar-refractivity contribution is 0.339. The molecule has 6 heteroatoms. The minimum atomic E-state index is -1.29. The number of ether oxygens (including phenoxy) is 1. The molecule has 0 saturated carbocycles. The largest absolute Gasteiger partial charge is 0.492 e. The molecule has 3 nitrogen and oxygen atoms in total. The number of nitrogens with two attached hydrogens (primary N) is 1. The highest BCUT2D eigenvalue weighted by Crippen LogP contribution is 2.19. The number of halogens is 2. The lowest BCUT2D eigenvalue weighted by Crippen LogP contribution is -2.10. The first-order valence-electron chi connectivity index (χ1n) is 6.36. The molecule has 2 rings (SSSR count). The van der Waals surface area contributed by atoms with Crippen molar-refractivity contribution >= 4 is 22.4 Å². The van der Waals surface area contributed by atoms with Crippen molar-refractivity contribution in [3.8, 4) is 5.75 Å². The molecule has 0 aliphatic carbocycles. The second kappa shape index (κ2) is 7.54. The van der Waals surface area contributed by atoms with Gasteiger partial charge in [0.15, 0.2) is 0 Å². The van der Waals surface area contributed by atoms with Crippen LogP contribution in [0.4, 0.5) is 4.39 Å². The number of rotatable bonds is 6. The summed E-state index contributed by atoms with van der Waals surface area (Å²) in [7, 11) is -1.29. The molecule has 1 unspecified atom stereocenters. The van der Waals surface area contributed by atoms with E-state index in [-0.39, 0.29) is 11.6 Å². The Morgan fingerprint density at radius 2 is 2.00 bits per heavy atom. The number of hydrogen-bond donors (Lipinski definition) is 1. The third kappa shape index (κ3) is 4.27. The average Bonchev–Trinajstić information content (AvgIpc) is 2.50. The fraction of sp³-hybridized carbons (Fsp3) is 0.200. The van der Waals surface area contributed by atoms with Crippen molar-refractivity contribution < 1.29 is 13.3 Å². The Morgan fingerprint density at radius 3 is 2.71 bits per heavy atom. The quantitative estimate of drug-likeness (QED) is 0.887. The van der Waals surface area contributed by atoms with Gasteiger partial charge in [0.1, 0.15) is 18.2 Å². The Balaban J connectivity index is 1.93. The second-order valence-electron chi connectivity index (χ2n) is 4.29. The van der Waals surface area contributed by atoms with E-state index >= 15 is 0 Å². The molecule has 112 valence electrons. The molecule has 0 fully saturated rings. The van der Waals surface area contributed by atoms with E-state index in [0.29, 0.717) is 22.9 Å². The summed E-state index contributed by atoms with van der Waals surface area (Å²) in [6.07, 6.45) is 0. The predicted octanol–water partition coefficient (Wildman–Crippen LogP) is 3.12. The first kappa shape index (κ1) is 15.9. The molecule has 0 aliphatic heterocycles. The van der Waals surface area contributed by atoms with Crippen LogP contribution in [0.1, 0.15) is 5.56 Å². The topological polar surface area (TPSA) is 52.3 Å². The maximum Gasteiger partial charge on any atom is 0.141 e. The van der Waals surface area contributed by atoms with Crippen molar-refractivity contribution in [2.75, 3.05) is 12.4 Å². The van der Waals surface area contributed by atoms with Gasteiger partial charge >= 0.3 is 0 Å². The molecule has 0 amide bonds. The van der Waals surface area contributed by atoms with Crippen LogP contribution in [0.3, 0.4) is 0 Å². The minimum Gasteiger partial charge on any atom is -0.492 e. The third-order valence-electron chi connectivity index (χ3n) is 2.87. The van der Waals surface area contributed by atoms with Gasteiger partial charge < -0.3 is 10.5 Å². The van der Waals surface area contributed by atoms with Crippen molar-refractivity contribution in [3.63, 3.8) is 0 Å².